The Kier molecular flexibility index (Phi) is 5.66. The van der Waals surface area contributed by atoms with Crippen LogP contribution in [0.5, 0.6) is 5.75 Å². The molecule has 0 atom stereocenters. The number of carbonyl (C=O) groups is 1. The smallest absolute Gasteiger partial charge is 0.330 e. The first-order chi connectivity index (χ1) is 10.1. The van der Waals surface area contributed by atoms with Gasteiger partial charge in [-0.15, -0.1) is 0 Å². The maximum Gasteiger partial charge on any atom is 0.330 e. The number of methoxy groups -OCH3 is 2. The lowest BCUT2D eigenvalue weighted by atomic mass is 10.0. The molecular weight excluding hydrogens is 270 g/mol. The lowest BCUT2D eigenvalue weighted by Crippen LogP contribution is -2.19. The first-order valence-electron chi connectivity index (χ1n) is 5.88. The molecule has 0 aliphatic carbocycles. The number of benzene rings is 1. The molecule has 1 aromatic carbocycles. The molecular formula is C15H13N3O3. The molecule has 6 heteroatoms. The van der Waals surface area contributed by atoms with Crippen molar-refractivity contribution in [3.05, 3.63) is 42.0 Å². The molecule has 0 N–H and O–H groups in total. The van der Waals surface area contributed by atoms with Crippen molar-refractivity contribution in [2.75, 3.05) is 14.2 Å². The molecule has 0 heterocycles. The fourth-order valence-electron chi connectivity index (χ4n) is 1.36. The highest BCUT2D eigenvalue weighted by molar-refractivity contribution is 5.83. The van der Waals surface area contributed by atoms with Crippen molar-refractivity contribution in [2.45, 2.75) is 5.54 Å². The first-order valence-corrected chi connectivity index (χ1v) is 5.88. The monoisotopic (exact) mass is 283 g/mol. The van der Waals surface area contributed by atoms with Crippen molar-refractivity contribution in [1.29, 1.82) is 10.5 Å². The molecule has 1 rings (SSSR count). The van der Waals surface area contributed by atoms with Crippen molar-refractivity contribution in [3.8, 4) is 17.9 Å². The van der Waals surface area contributed by atoms with Crippen LogP contribution in [0, 0.1) is 22.7 Å². The second-order valence-corrected chi connectivity index (χ2v) is 3.88. The van der Waals surface area contributed by atoms with Gasteiger partial charge in [0, 0.05) is 12.3 Å². The first kappa shape index (κ1) is 15.9. The quantitative estimate of drug-likeness (QED) is 0.465. The molecule has 0 unspecified atom stereocenters. The lowest BCUT2D eigenvalue weighted by molar-refractivity contribution is -0.134. The fraction of sp³-hybridized carbons (Fsp3) is 0.200. The zero-order valence-electron chi connectivity index (χ0n) is 11.6. The topological polar surface area (TPSA) is 95.5 Å². The van der Waals surface area contributed by atoms with Gasteiger partial charge in [-0.2, -0.15) is 10.5 Å². The molecule has 6 nitrogen and oxygen atoms in total. The molecule has 0 saturated carbocycles. The maximum atomic E-state index is 11.1. The summed E-state index contributed by atoms with van der Waals surface area (Å²) < 4.78 is 9.48. The summed E-state index contributed by atoms with van der Waals surface area (Å²) in [7, 11) is 2.73. The molecule has 0 saturated heterocycles. The van der Waals surface area contributed by atoms with Crippen LogP contribution in [0.1, 0.15) is 5.56 Å². The molecule has 0 aliphatic heterocycles. The Morgan fingerprint density at radius 1 is 1.33 bits per heavy atom. The van der Waals surface area contributed by atoms with Crippen molar-refractivity contribution < 1.29 is 14.3 Å². The normalized spacial score (nSPS) is 11.0. The second kappa shape index (κ2) is 7.46. The zero-order valence-corrected chi connectivity index (χ0v) is 11.6. The number of ether oxygens (including phenoxy) is 2. The Morgan fingerprint density at radius 2 is 2.05 bits per heavy atom. The van der Waals surface area contributed by atoms with Crippen LogP contribution < -0.4 is 4.74 Å². The Morgan fingerprint density at radius 3 is 2.62 bits per heavy atom. The van der Waals surface area contributed by atoms with Crippen LogP contribution >= 0.6 is 0 Å². The number of hydrogen-bond acceptors (Lipinski definition) is 6. The standard InChI is InChI=1S/C15H13N3O3/c1-20-13-5-3-4-12(8-13)9-18-15(10-16,11-17)7-6-14(19)21-2/h3-9H,1-2H3/b7-6-,18-9?. The molecule has 1 aromatic rings. The molecule has 0 spiro atoms. The highest BCUT2D eigenvalue weighted by atomic mass is 16.5. The summed E-state index contributed by atoms with van der Waals surface area (Å²) >= 11 is 0. The number of rotatable bonds is 5. The van der Waals surface area contributed by atoms with E-state index < -0.39 is 11.5 Å². The molecule has 0 aromatic heterocycles. The number of nitriles is 2. The number of esters is 1. The van der Waals surface area contributed by atoms with E-state index >= 15 is 0 Å². The maximum absolute atomic E-state index is 11.1. The third kappa shape index (κ3) is 4.48. The summed E-state index contributed by atoms with van der Waals surface area (Å²) in [5, 5.41) is 18.3. The van der Waals surface area contributed by atoms with Gasteiger partial charge in [-0.05, 0) is 23.8 Å². The Bertz CT molecular complexity index is 637. The van der Waals surface area contributed by atoms with Crippen molar-refractivity contribution in [2.24, 2.45) is 4.99 Å². The van der Waals surface area contributed by atoms with Gasteiger partial charge in [0.2, 0.25) is 0 Å². The van der Waals surface area contributed by atoms with Gasteiger partial charge in [0.1, 0.15) is 17.9 Å². The molecule has 0 aliphatic rings. The number of hydrogen-bond donors (Lipinski definition) is 0. The second-order valence-electron chi connectivity index (χ2n) is 3.88. The third-order valence-electron chi connectivity index (χ3n) is 2.51. The van der Waals surface area contributed by atoms with E-state index in [0.29, 0.717) is 11.3 Å². The van der Waals surface area contributed by atoms with Gasteiger partial charge < -0.3 is 9.47 Å². The molecule has 106 valence electrons. The Hall–Kier alpha value is -3.12. The SMILES string of the molecule is COC(=O)/C=C\C(C#N)(C#N)N=Cc1cccc(OC)c1. The van der Waals surface area contributed by atoms with Gasteiger partial charge >= 0.3 is 5.97 Å². The molecule has 21 heavy (non-hydrogen) atoms. The minimum absolute atomic E-state index is 0.628. The summed E-state index contributed by atoms with van der Waals surface area (Å²) in [6.07, 6.45) is 3.46. The predicted molar refractivity (Wildman–Crippen MR) is 75.7 cm³/mol. The average molecular weight is 283 g/mol. The fourth-order valence-corrected chi connectivity index (χ4v) is 1.36. The molecule has 0 fully saturated rings. The molecule has 0 amide bonds. The Balaban J connectivity index is 3.05. The highest BCUT2D eigenvalue weighted by Gasteiger charge is 2.25. The van der Waals surface area contributed by atoms with Crippen LogP contribution in [0.3, 0.4) is 0 Å². The van der Waals surface area contributed by atoms with E-state index in [1.165, 1.54) is 20.4 Å². The van der Waals surface area contributed by atoms with E-state index in [1.807, 2.05) is 0 Å². The number of nitrogens with zero attached hydrogens (tertiary/aromatic N) is 3. The van der Waals surface area contributed by atoms with Crippen LogP contribution in [-0.4, -0.2) is 31.9 Å². The zero-order chi connectivity index (χ0) is 15.7. The van der Waals surface area contributed by atoms with E-state index in [2.05, 4.69) is 9.73 Å². The van der Waals surface area contributed by atoms with Crippen molar-refractivity contribution in [3.63, 3.8) is 0 Å². The van der Waals surface area contributed by atoms with E-state index in [0.717, 1.165) is 12.2 Å². The largest absolute Gasteiger partial charge is 0.497 e. The van der Waals surface area contributed by atoms with Crippen LogP contribution in [-0.2, 0) is 9.53 Å². The third-order valence-corrected chi connectivity index (χ3v) is 2.51. The minimum Gasteiger partial charge on any atom is -0.497 e. The summed E-state index contributed by atoms with van der Waals surface area (Å²) in [6, 6.07) is 10.5. The van der Waals surface area contributed by atoms with Gasteiger partial charge in [0.25, 0.3) is 5.54 Å². The molecule has 0 radical (unpaired) electrons. The van der Waals surface area contributed by atoms with E-state index in [9.17, 15) is 4.79 Å². The number of carbonyl (C=O) groups excluding carboxylic acids is 1. The molecule has 0 bridgehead atoms. The van der Waals surface area contributed by atoms with Gasteiger partial charge in [0.15, 0.2) is 0 Å². The summed E-state index contributed by atoms with van der Waals surface area (Å²) in [5.41, 5.74) is -1.12. The van der Waals surface area contributed by atoms with Crippen molar-refractivity contribution in [1.82, 2.24) is 0 Å². The summed E-state index contributed by atoms with van der Waals surface area (Å²) in [5.74, 6) is -0.0370. The average Bonchev–Trinajstić information content (AvgIpc) is 2.55. The van der Waals surface area contributed by atoms with E-state index in [1.54, 1.807) is 36.4 Å². The van der Waals surface area contributed by atoms with E-state index in [-0.39, 0.29) is 0 Å². The van der Waals surface area contributed by atoms with Gasteiger partial charge in [-0.25, -0.2) is 4.79 Å². The van der Waals surface area contributed by atoms with Crippen LogP contribution in [0.25, 0.3) is 0 Å². The van der Waals surface area contributed by atoms with Crippen molar-refractivity contribution >= 4 is 12.2 Å². The lowest BCUT2D eigenvalue weighted by Gasteiger charge is -2.07. The van der Waals surface area contributed by atoms with Gasteiger partial charge in [-0.3, -0.25) is 4.99 Å². The predicted octanol–water partition coefficient (Wildman–Crippen LogP) is 1.63. The minimum atomic E-state index is -1.78. The van der Waals surface area contributed by atoms with Gasteiger partial charge in [-0.1, -0.05) is 12.1 Å². The Labute approximate surface area is 122 Å². The van der Waals surface area contributed by atoms with Crippen LogP contribution in [0.2, 0.25) is 0 Å². The number of aliphatic imine (C=N–C) groups is 1. The van der Waals surface area contributed by atoms with Crippen LogP contribution in [0.4, 0.5) is 0 Å². The van der Waals surface area contributed by atoms with Gasteiger partial charge in [0.05, 0.1) is 14.2 Å². The van der Waals surface area contributed by atoms with Crippen LogP contribution in [0.15, 0.2) is 41.4 Å². The summed E-state index contributed by atoms with van der Waals surface area (Å²) in [6.45, 7) is 0. The summed E-state index contributed by atoms with van der Waals surface area (Å²) in [4.78, 5) is 15.0. The van der Waals surface area contributed by atoms with E-state index in [4.69, 9.17) is 15.3 Å². The highest BCUT2D eigenvalue weighted by Crippen LogP contribution is 2.14.